The molecule has 7 nitrogen and oxygen atoms in total. The number of nitrogens with one attached hydrogen (secondary N) is 1. The van der Waals surface area contributed by atoms with Crippen molar-refractivity contribution >= 4 is 26.5 Å². The highest BCUT2D eigenvalue weighted by molar-refractivity contribution is 7.91. The Kier molecular flexibility index (Phi) is 4.73. The summed E-state index contributed by atoms with van der Waals surface area (Å²) in [5.41, 5.74) is 2.76. The molecule has 1 aliphatic rings. The topological polar surface area (TPSA) is 123 Å². The smallest absolute Gasteiger partial charge is 0.223 e. The number of hydrogen-bond donors (Lipinski definition) is 1. The van der Waals surface area contributed by atoms with Gasteiger partial charge in [-0.25, -0.2) is 8.42 Å². The Hall–Kier alpha value is -3.75. The molecule has 1 aliphatic heterocycles. The minimum absolute atomic E-state index is 0.0144. The van der Waals surface area contributed by atoms with Gasteiger partial charge in [0.25, 0.3) is 0 Å². The van der Waals surface area contributed by atoms with Crippen molar-refractivity contribution in [3.05, 3.63) is 65.4 Å². The van der Waals surface area contributed by atoms with E-state index in [1.807, 2.05) is 0 Å². The van der Waals surface area contributed by atoms with Gasteiger partial charge in [-0.1, -0.05) is 24.3 Å². The molecule has 0 saturated heterocycles. The summed E-state index contributed by atoms with van der Waals surface area (Å²) in [6, 6.07) is 17.7. The summed E-state index contributed by atoms with van der Waals surface area (Å²) < 4.78 is 26.3. The van der Waals surface area contributed by atoms with Crippen LogP contribution >= 0.6 is 0 Å². The molecular formula is C22H17N5O2S. The van der Waals surface area contributed by atoms with Crippen LogP contribution in [0.25, 0.3) is 10.9 Å². The number of nitrogens with zero attached hydrogens (tertiary/aromatic N) is 4. The lowest BCUT2D eigenvalue weighted by atomic mass is 9.77. The van der Waals surface area contributed by atoms with Gasteiger partial charge in [0.2, 0.25) is 9.84 Å². The van der Waals surface area contributed by atoms with Crippen molar-refractivity contribution < 1.29 is 8.42 Å². The molecular weight excluding hydrogens is 398 g/mol. The Labute approximate surface area is 173 Å². The maximum Gasteiger partial charge on any atom is 0.223 e. The van der Waals surface area contributed by atoms with E-state index >= 15 is 0 Å². The van der Waals surface area contributed by atoms with Gasteiger partial charge in [0.1, 0.15) is 0 Å². The second-order valence-corrected chi connectivity index (χ2v) is 8.98. The molecule has 0 aliphatic carbocycles. The molecule has 0 radical (unpaired) electrons. The summed E-state index contributed by atoms with van der Waals surface area (Å²) >= 11 is 0. The number of aromatic nitrogens is 2. The number of aliphatic imine (C=N–C) groups is 1. The molecule has 2 unspecified atom stereocenters. The minimum atomic E-state index is -3.81. The van der Waals surface area contributed by atoms with Crippen LogP contribution in [0, 0.1) is 28.6 Å². The standard InChI is InChI=1S/C22H17N5O2S/c1-13-18(11-23)21(19(12-24)14(2)25-13)15-8-9-20-17(10-15)22(27-26-20)30(28,29)16-6-4-3-5-7-16/h3-10,18,21H,1-2H3,(H,26,27). The normalized spacial score (nSPS) is 19.3. The number of aromatic amines is 1. The number of rotatable bonds is 3. The van der Waals surface area contributed by atoms with Gasteiger partial charge in [0.05, 0.1) is 39.7 Å². The van der Waals surface area contributed by atoms with Gasteiger partial charge in [0, 0.05) is 17.0 Å². The zero-order valence-corrected chi connectivity index (χ0v) is 17.1. The van der Waals surface area contributed by atoms with Crippen LogP contribution in [-0.2, 0) is 9.84 Å². The van der Waals surface area contributed by atoms with Gasteiger partial charge in [-0.3, -0.25) is 10.1 Å². The summed E-state index contributed by atoms with van der Waals surface area (Å²) in [5.74, 6) is -1.13. The number of fused-ring (bicyclic) bond motifs is 1. The third kappa shape index (κ3) is 2.99. The van der Waals surface area contributed by atoms with Gasteiger partial charge in [0.15, 0.2) is 5.03 Å². The van der Waals surface area contributed by atoms with Crippen LogP contribution < -0.4 is 0 Å². The Balaban J connectivity index is 1.92. The number of hydrogen-bond acceptors (Lipinski definition) is 6. The second kappa shape index (κ2) is 7.25. The van der Waals surface area contributed by atoms with E-state index in [0.29, 0.717) is 33.4 Å². The zero-order valence-electron chi connectivity index (χ0n) is 16.3. The maximum absolute atomic E-state index is 13.1. The fourth-order valence-electron chi connectivity index (χ4n) is 3.82. The molecule has 3 aromatic rings. The SMILES string of the molecule is CC1=NC(C)=C(C#N)C(c2ccc3n[nH]c(S(=O)(=O)c4ccccc4)c3c2)C1C#N. The Morgan fingerprint density at radius 3 is 2.47 bits per heavy atom. The molecule has 2 atom stereocenters. The third-order valence-electron chi connectivity index (χ3n) is 5.31. The van der Waals surface area contributed by atoms with Gasteiger partial charge in [-0.05, 0) is 43.7 Å². The molecule has 8 heteroatoms. The van der Waals surface area contributed by atoms with E-state index in [-0.39, 0.29) is 9.92 Å². The van der Waals surface area contributed by atoms with E-state index in [1.165, 1.54) is 12.1 Å². The molecule has 148 valence electrons. The number of benzene rings is 2. The molecule has 0 amide bonds. The van der Waals surface area contributed by atoms with E-state index in [1.54, 1.807) is 50.2 Å². The van der Waals surface area contributed by atoms with Crippen molar-refractivity contribution in [1.29, 1.82) is 10.5 Å². The fraction of sp³-hybridized carbons (Fsp3) is 0.182. The highest BCUT2D eigenvalue weighted by Crippen LogP contribution is 2.39. The summed E-state index contributed by atoms with van der Waals surface area (Å²) in [7, 11) is -3.81. The van der Waals surface area contributed by atoms with Gasteiger partial charge < -0.3 is 0 Å². The van der Waals surface area contributed by atoms with E-state index in [9.17, 15) is 18.9 Å². The molecule has 4 rings (SSSR count). The average molecular weight is 415 g/mol. The Morgan fingerprint density at radius 1 is 1.07 bits per heavy atom. The molecule has 2 heterocycles. The van der Waals surface area contributed by atoms with Crippen LogP contribution in [0.5, 0.6) is 0 Å². The predicted molar refractivity (Wildman–Crippen MR) is 111 cm³/mol. The van der Waals surface area contributed by atoms with Crippen molar-refractivity contribution in [2.45, 2.75) is 29.7 Å². The van der Waals surface area contributed by atoms with Gasteiger partial charge >= 0.3 is 0 Å². The van der Waals surface area contributed by atoms with Crippen molar-refractivity contribution in [1.82, 2.24) is 10.2 Å². The van der Waals surface area contributed by atoms with Crippen LogP contribution in [0.4, 0.5) is 0 Å². The van der Waals surface area contributed by atoms with Gasteiger partial charge in [-0.15, -0.1) is 0 Å². The monoisotopic (exact) mass is 415 g/mol. The highest BCUT2D eigenvalue weighted by Gasteiger charge is 2.34. The van der Waals surface area contributed by atoms with Gasteiger partial charge in [-0.2, -0.15) is 15.6 Å². The van der Waals surface area contributed by atoms with Crippen molar-refractivity contribution in [2.75, 3.05) is 0 Å². The Morgan fingerprint density at radius 2 is 1.80 bits per heavy atom. The zero-order chi connectivity index (χ0) is 21.5. The molecule has 2 aromatic carbocycles. The maximum atomic E-state index is 13.1. The summed E-state index contributed by atoms with van der Waals surface area (Å²) in [6.07, 6.45) is 0. The number of allylic oxidation sites excluding steroid dienone is 2. The van der Waals surface area contributed by atoms with Crippen molar-refractivity contribution in [2.24, 2.45) is 10.9 Å². The molecule has 0 bridgehead atoms. The second-order valence-electron chi connectivity index (χ2n) is 7.09. The predicted octanol–water partition coefficient (Wildman–Crippen LogP) is 3.89. The number of nitriles is 2. The van der Waals surface area contributed by atoms with E-state index < -0.39 is 21.7 Å². The minimum Gasteiger partial charge on any atom is -0.266 e. The first-order chi connectivity index (χ1) is 14.4. The largest absolute Gasteiger partial charge is 0.266 e. The third-order valence-corrected chi connectivity index (χ3v) is 7.05. The van der Waals surface area contributed by atoms with E-state index in [0.717, 1.165) is 0 Å². The van der Waals surface area contributed by atoms with Crippen LogP contribution in [-0.4, -0.2) is 24.3 Å². The van der Waals surface area contributed by atoms with Crippen LogP contribution in [0.15, 0.2) is 74.7 Å². The number of H-pyrrole nitrogens is 1. The molecule has 30 heavy (non-hydrogen) atoms. The van der Waals surface area contributed by atoms with Crippen LogP contribution in [0.1, 0.15) is 25.3 Å². The Bertz CT molecular complexity index is 1400. The molecule has 0 spiro atoms. The van der Waals surface area contributed by atoms with Crippen LogP contribution in [0.2, 0.25) is 0 Å². The van der Waals surface area contributed by atoms with Crippen LogP contribution in [0.3, 0.4) is 0 Å². The van der Waals surface area contributed by atoms with E-state index in [2.05, 4.69) is 27.3 Å². The first kappa shape index (κ1) is 19.6. The average Bonchev–Trinajstić information content (AvgIpc) is 3.18. The molecule has 1 aromatic heterocycles. The first-order valence-electron chi connectivity index (χ1n) is 9.22. The fourth-order valence-corrected chi connectivity index (χ4v) is 5.19. The summed E-state index contributed by atoms with van der Waals surface area (Å²) in [4.78, 5) is 4.51. The number of sulfone groups is 1. The molecule has 0 fully saturated rings. The first-order valence-corrected chi connectivity index (χ1v) is 10.7. The summed E-state index contributed by atoms with van der Waals surface area (Å²) in [5, 5.41) is 26.6. The lowest BCUT2D eigenvalue weighted by Gasteiger charge is -2.26. The molecule has 0 saturated carbocycles. The summed E-state index contributed by atoms with van der Waals surface area (Å²) in [6.45, 7) is 3.50. The lowest BCUT2D eigenvalue weighted by Crippen LogP contribution is -2.24. The van der Waals surface area contributed by atoms with Crippen molar-refractivity contribution in [3.8, 4) is 12.1 Å². The molecule has 1 N–H and O–H groups in total. The van der Waals surface area contributed by atoms with Crippen molar-refractivity contribution in [3.63, 3.8) is 0 Å². The quantitative estimate of drug-likeness (QED) is 0.695. The lowest BCUT2D eigenvalue weighted by molar-refractivity contribution is 0.593. The highest BCUT2D eigenvalue weighted by atomic mass is 32.2. The van der Waals surface area contributed by atoms with E-state index in [4.69, 9.17) is 0 Å².